The molecule has 13 heteroatoms. The molecule has 0 fully saturated rings. The van der Waals surface area contributed by atoms with E-state index in [0.717, 1.165) is 22.7 Å². The van der Waals surface area contributed by atoms with Crippen molar-refractivity contribution in [1.29, 1.82) is 0 Å². The SMILES string of the molecule is [Cu].[OH+]=C(CC(=[OH+])C(F)(F)F)c1cccs1.[OH+]=C(CC(=[OH+])C(F)(F)F)c1cccs1. The molecule has 2 rings (SSSR count). The van der Waals surface area contributed by atoms with E-state index in [4.69, 9.17) is 9.59 Å². The van der Waals surface area contributed by atoms with Gasteiger partial charge in [0.05, 0.1) is 0 Å². The zero-order valence-corrected chi connectivity index (χ0v) is 16.6. The molecule has 163 valence electrons. The van der Waals surface area contributed by atoms with E-state index in [1.54, 1.807) is 22.9 Å². The summed E-state index contributed by atoms with van der Waals surface area (Å²) in [5.41, 5.74) is 0. The molecule has 0 aromatic carbocycles. The Morgan fingerprint density at radius 2 is 1.00 bits per heavy atom. The Kier molecular flexibility index (Phi) is 10.7. The molecule has 0 unspecified atom stereocenters. The van der Waals surface area contributed by atoms with Crippen LogP contribution in [0.15, 0.2) is 35.0 Å². The standard InChI is InChI=1S/2C8H5F3O2S.Cu/c2*9-8(10,11)7(13)4-5(12)6-2-1-3-14-6;/h2*1-3H,4H2;/p+4. The van der Waals surface area contributed by atoms with Gasteiger partial charge in [0.1, 0.15) is 9.75 Å². The van der Waals surface area contributed by atoms with E-state index < -0.39 is 48.3 Å². The van der Waals surface area contributed by atoms with Crippen LogP contribution in [-0.4, -0.2) is 54.7 Å². The van der Waals surface area contributed by atoms with Crippen molar-refractivity contribution in [3.05, 3.63) is 44.8 Å². The molecule has 0 bridgehead atoms. The average molecular weight is 512 g/mol. The Labute approximate surface area is 178 Å². The number of alkyl halides is 6. The molecular formula is C16H14CuF6O4S2+4. The van der Waals surface area contributed by atoms with Crippen LogP contribution >= 0.6 is 22.7 Å². The van der Waals surface area contributed by atoms with Crippen molar-refractivity contribution in [3.63, 3.8) is 0 Å². The van der Waals surface area contributed by atoms with E-state index >= 15 is 0 Å². The molecule has 0 amide bonds. The van der Waals surface area contributed by atoms with Gasteiger partial charge in [-0.25, -0.2) is 0 Å². The summed E-state index contributed by atoms with van der Waals surface area (Å²) < 4.78 is 71.1. The third-order valence-electron chi connectivity index (χ3n) is 2.94. The van der Waals surface area contributed by atoms with Gasteiger partial charge in [-0.2, -0.15) is 26.3 Å². The number of ketones is 4. The van der Waals surface area contributed by atoms with Gasteiger partial charge in [-0.1, -0.05) is 12.1 Å². The first kappa shape index (κ1) is 27.2. The Bertz CT molecular complexity index is 756. The van der Waals surface area contributed by atoms with Gasteiger partial charge in [-0.15, -0.1) is 22.7 Å². The first-order valence-electron chi connectivity index (χ1n) is 7.23. The van der Waals surface area contributed by atoms with Gasteiger partial charge >= 0.3 is 35.5 Å². The fourth-order valence-corrected chi connectivity index (χ4v) is 2.92. The molecule has 4 N–H and O–H groups in total. The predicted octanol–water partition coefficient (Wildman–Crippen LogP) is 4.27. The van der Waals surface area contributed by atoms with E-state index in [9.17, 15) is 35.9 Å². The summed E-state index contributed by atoms with van der Waals surface area (Å²) in [7, 11) is 0. The molecule has 0 aliphatic rings. The molecule has 0 aliphatic heterocycles. The average Bonchev–Trinajstić information content (AvgIpc) is 3.27. The van der Waals surface area contributed by atoms with Gasteiger partial charge in [-0.3, -0.25) is 19.2 Å². The molecule has 2 aromatic heterocycles. The summed E-state index contributed by atoms with van der Waals surface area (Å²) in [6, 6.07) is 6.15. The molecule has 0 saturated heterocycles. The van der Waals surface area contributed by atoms with Crippen LogP contribution < -0.4 is 0 Å². The van der Waals surface area contributed by atoms with E-state index in [0.29, 0.717) is 9.75 Å². The van der Waals surface area contributed by atoms with Crippen molar-refractivity contribution in [3.8, 4) is 0 Å². The van der Waals surface area contributed by atoms with Crippen LogP contribution in [0.2, 0.25) is 0 Å². The molecule has 29 heavy (non-hydrogen) atoms. The van der Waals surface area contributed by atoms with Crippen LogP contribution in [0.5, 0.6) is 0 Å². The Hall–Kier alpha value is -1.82. The van der Waals surface area contributed by atoms with Crippen LogP contribution in [0, 0.1) is 0 Å². The van der Waals surface area contributed by atoms with Gasteiger partial charge in [-0.05, 0) is 22.9 Å². The van der Waals surface area contributed by atoms with Crippen molar-refractivity contribution in [2.45, 2.75) is 25.2 Å². The topological polar surface area (TPSA) is 85.6 Å². The molecule has 4 nitrogen and oxygen atoms in total. The van der Waals surface area contributed by atoms with Gasteiger partial charge < -0.3 is 0 Å². The smallest absolute Gasteiger partial charge is 0.276 e. The molecule has 1 radical (unpaired) electrons. The van der Waals surface area contributed by atoms with Gasteiger partial charge in [0.15, 0.2) is 12.8 Å². The Morgan fingerprint density at radius 1 is 0.690 bits per heavy atom. The molecule has 0 aliphatic carbocycles. The minimum absolute atomic E-state index is 0. The van der Waals surface area contributed by atoms with Crippen LogP contribution in [0.4, 0.5) is 26.3 Å². The minimum Gasteiger partial charge on any atom is -0.276 e. The zero-order chi connectivity index (χ0) is 21.5. The number of halogens is 6. The summed E-state index contributed by atoms with van der Waals surface area (Å²) in [6.07, 6.45) is -11.3. The second kappa shape index (κ2) is 11.4. The molecule has 2 heterocycles. The fraction of sp³-hybridized carbons (Fsp3) is 0.250. The maximum atomic E-state index is 11.8. The molecule has 0 saturated carbocycles. The van der Waals surface area contributed by atoms with E-state index in [1.807, 2.05) is 0 Å². The first-order valence-corrected chi connectivity index (χ1v) is 8.99. The number of hydrogen-bond donors (Lipinski definition) is 0. The van der Waals surface area contributed by atoms with E-state index in [-0.39, 0.29) is 17.1 Å². The number of hydrogen-bond acceptors (Lipinski definition) is 2. The van der Waals surface area contributed by atoms with Crippen LogP contribution in [0.25, 0.3) is 0 Å². The number of thiophene rings is 2. The van der Waals surface area contributed by atoms with Crippen LogP contribution in [0.1, 0.15) is 22.6 Å². The normalized spacial score (nSPS) is 11.0. The third-order valence-corrected chi connectivity index (χ3v) is 4.77. The van der Waals surface area contributed by atoms with Crippen LogP contribution in [-0.2, 0) is 17.1 Å². The summed E-state index contributed by atoms with van der Waals surface area (Å²) >= 11 is 2.21. The molecular weight excluding hydrogens is 498 g/mol. The summed E-state index contributed by atoms with van der Waals surface area (Å²) in [5.74, 6) is -4.34. The zero-order valence-electron chi connectivity index (χ0n) is 14.1. The Balaban J connectivity index is 0.000000523. The van der Waals surface area contributed by atoms with Gasteiger partial charge in [0.25, 0.3) is 0 Å². The largest absolute Gasteiger partial charge is 0.505 e. The van der Waals surface area contributed by atoms with Crippen molar-refractivity contribution < 1.29 is 62.6 Å². The Morgan fingerprint density at radius 3 is 1.21 bits per heavy atom. The maximum absolute atomic E-state index is 11.8. The summed E-state index contributed by atoms with van der Waals surface area (Å²) in [6.45, 7) is 0. The second-order valence-electron chi connectivity index (χ2n) is 5.09. The van der Waals surface area contributed by atoms with Crippen molar-refractivity contribution in [2.24, 2.45) is 0 Å². The third kappa shape index (κ3) is 9.48. The van der Waals surface area contributed by atoms with E-state index in [2.05, 4.69) is 0 Å². The molecule has 0 spiro atoms. The van der Waals surface area contributed by atoms with Crippen molar-refractivity contribution in [1.82, 2.24) is 0 Å². The van der Waals surface area contributed by atoms with Gasteiger partial charge in [0.2, 0.25) is 0 Å². The molecule has 0 atom stereocenters. The second-order valence-corrected chi connectivity index (χ2v) is 6.99. The molecule has 2 aromatic rings. The number of carbonyl (C=O) groups excluding carboxylic acids is 4. The fourth-order valence-electron chi connectivity index (χ4n) is 1.58. The summed E-state index contributed by atoms with van der Waals surface area (Å²) in [5, 5.41) is 3.24. The predicted molar refractivity (Wildman–Crippen MR) is 96.0 cm³/mol. The van der Waals surface area contributed by atoms with Crippen LogP contribution in [0.3, 0.4) is 0 Å². The van der Waals surface area contributed by atoms with Crippen molar-refractivity contribution >= 4 is 45.8 Å². The number of rotatable bonds is 6. The first-order chi connectivity index (χ1) is 12.8. The summed E-state index contributed by atoms with van der Waals surface area (Å²) in [4.78, 5) is 36.2. The van der Waals surface area contributed by atoms with E-state index in [1.165, 1.54) is 12.1 Å². The minimum atomic E-state index is -4.77. The monoisotopic (exact) mass is 511 g/mol. The maximum Gasteiger partial charge on any atom is 0.505 e. The quantitative estimate of drug-likeness (QED) is 0.182. The van der Waals surface area contributed by atoms with Crippen molar-refractivity contribution in [2.75, 3.05) is 0 Å². The van der Waals surface area contributed by atoms with Gasteiger partial charge in [0, 0.05) is 17.1 Å².